The Morgan fingerprint density at radius 3 is 2.10 bits per heavy atom. The molecule has 4 rings (SSSR count). The van der Waals surface area contributed by atoms with Crippen molar-refractivity contribution in [1.82, 2.24) is 0 Å². The zero-order valence-electron chi connectivity index (χ0n) is 16.2. The van der Waals surface area contributed by atoms with Gasteiger partial charge in [-0.05, 0) is 47.9 Å². The first-order valence-electron chi connectivity index (χ1n) is 9.45. The second-order valence-corrected chi connectivity index (χ2v) is 7.24. The van der Waals surface area contributed by atoms with E-state index in [2.05, 4.69) is 19.2 Å². The monoisotopic (exact) mass is 384 g/mol. The van der Waals surface area contributed by atoms with Gasteiger partial charge in [-0.2, -0.15) is 0 Å². The lowest BCUT2D eigenvalue weighted by Crippen LogP contribution is -2.29. The van der Waals surface area contributed by atoms with Gasteiger partial charge in [-0.15, -0.1) is 0 Å². The van der Waals surface area contributed by atoms with E-state index >= 15 is 0 Å². The van der Waals surface area contributed by atoms with E-state index in [4.69, 9.17) is 0 Å². The van der Waals surface area contributed by atoms with Crippen LogP contribution in [0.15, 0.2) is 72.8 Å². The molecular weight excluding hydrogens is 364 g/mol. The number of nitrogens with one attached hydrogen (secondary N) is 1. The van der Waals surface area contributed by atoms with E-state index in [1.807, 2.05) is 24.3 Å². The van der Waals surface area contributed by atoms with Gasteiger partial charge in [-0.25, -0.2) is 4.90 Å². The molecule has 0 bridgehead atoms. The average molecular weight is 384 g/mol. The van der Waals surface area contributed by atoms with E-state index in [0.717, 1.165) is 16.2 Å². The number of nitrogens with zero attached hydrogens (tertiary/aromatic N) is 1. The fourth-order valence-electron chi connectivity index (χ4n) is 3.52. The number of hydrogen-bond donors (Lipinski definition) is 1. The summed E-state index contributed by atoms with van der Waals surface area (Å²) in [7, 11) is 0. The van der Waals surface area contributed by atoms with Gasteiger partial charge in [-0.1, -0.05) is 50.2 Å². The van der Waals surface area contributed by atoms with Gasteiger partial charge in [-0.3, -0.25) is 14.4 Å². The molecule has 1 aliphatic heterocycles. The van der Waals surface area contributed by atoms with Crippen molar-refractivity contribution in [3.63, 3.8) is 0 Å². The lowest BCUT2D eigenvalue weighted by atomic mass is 10.0. The third-order valence-electron chi connectivity index (χ3n) is 4.99. The zero-order valence-corrected chi connectivity index (χ0v) is 16.2. The number of imide groups is 1. The van der Waals surface area contributed by atoms with Gasteiger partial charge in [0.25, 0.3) is 17.7 Å². The predicted octanol–water partition coefficient (Wildman–Crippen LogP) is 4.86. The molecule has 3 aromatic rings. The van der Waals surface area contributed by atoms with Crippen molar-refractivity contribution in [3.8, 4) is 0 Å². The van der Waals surface area contributed by atoms with Gasteiger partial charge in [0.05, 0.1) is 16.8 Å². The first kappa shape index (κ1) is 18.6. The van der Waals surface area contributed by atoms with Crippen LogP contribution in [0.2, 0.25) is 0 Å². The molecule has 0 saturated heterocycles. The Morgan fingerprint density at radius 1 is 0.828 bits per heavy atom. The number of hydrogen-bond acceptors (Lipinski definition) is 3. The minimum absolute atomic E-state index is 0.260. The summed E-state index contributed by atoms with van der Waals surface area (Å²) in [5.74, 6) is -0.797. The number of benzene rings is 3. The van der Waals surface area contributed by atoms with Crippen LogP contribution in [0.3, 0.4) is 0 Å². The first-order chi connectivity index (χ1) is 14.0. The fraction of sp³-hybridized carbons (Fsp3) is 0.125. The molecule has 0 radical (unpaired) electrons. The molecule has 5 nitrogen and oxygen atoms in total. The van der Waals surface area contributed by atoms with Crippen LogP contribution in [0, 0.1) is 0 Å². The molecule has 0 unspecified atom stereocenters. The molecule has 29 heavy (non-hydrogen) atoms. The number of carbonyl (C=O) groups excluding carboxylic acids is 3. The molecule has 1 N–H and O–H groups in total. The number of amides is 3. The van der Waals surface area contributed by atoms with E-state index < -0.39 is 0 Å². The molecule has 1 aliphatic rings. The average Bonchev–Trinajstić information content (AvgIpc) is 2.99. The Balaban J connectivity index is 1.63. The molecule has 0 atom stereocenters. The Labute approximate surface area is 169 Å². The van der Waals surface area contributed by atoms with Crippen LogP contribution < -0.4 is 10.2 Å². The Kier molecular flexibility index (Phi) is 4.72. The summed E-state index contributed by atoms with van der Waals surface area (Å²) in [4.78, 5) is 39.4. The van der Waals surface area contributed by atoms with Gasteiger partial charge in [0.15, 0.2) is 0 Å². The molecule has 144 valence electrons. The van der Waals surface area contributed by atoms with Crippen molar-refractivity contribution in [2.24, 2.45) is 0 Å². The van der Waals surface area contributed by atoms with Crippen LogP contribution in [-0.2, 0) is 0 Å². The number of fused-ring (bicyclic) bond motifs is 1. The standard InChI is InChI=1S/C24H20N2O3/c1-15(2)18-10-5-6-13-21(18)25-22(27)16-8-7-9-17(14-16)26-23(28)19-11-3-4-12-20(19)24(26)29/h3-15H,1-2H3,(H,25,27). The number of para-hydroxylation sites is 1. The van der Waals surface area contributed by atoms with Gasteiger partial charge >= 0.3 is 0 Å². The van der Waals surface area contributed by atoms with E-state index in [0.29, 0.717) is 22.4 Å². The smallest absolute Gasteiger partial charge is 0.266 e. The van der Waals surface area contributed by atoms with Crippen LogP contribution >= 0.6 is 0 Å². The van der Waals surface area contributed by atoms with Gasteiger partial charge in [0.1, 0.15) is 0 Å². The largest absolute Gasteiger partial charge is 0.322 e. The Morgan fingerprint density at radius 2 is 1.45 bits per heavy atom. The van der Waals surface area contributed by atoms with Crippen molar-refractivity contribution < 1.29 is 14.4 Å². The summed E-state index contributed by atoms with van der Waals surface area (Å²) in [6, 6.07) is 20.9. The van der Waals surface area contributed by atoms with Gasteiger partial charge in [0.2, 0.25) is 0 Å². The molecule has 0 aliphatic carbocycles. The zero-order chi connectivity index (χ0) is 20.5. The van der Waals surface area contributed by atoms with Crippen LogP contribution in [0.1, 0.15) is 56.4 Å². The first-order valence-corrected chi connectivity index (χ1v) is 9.45. The lowest BCUT2D eigenvalue weighted by Gasteiger charge is -2.16. The molecule has 3 aromatic carbocycles. The molecular formula is C24H20N2O3. The van der Waals surface area contributed by atoms with Crippen LogP contribution in [0.5, 0.6) is 0 Å². The van der Waals surface area contributed by atoms with E-state index in [9.17, 15) is 14.4 Å². The maximum atomic E-state index is 12.8. The third kappa shape index (κ3) is 3.31. The number of carbonyl (C=O) groups is 3. The van der Waals surface area contributed by atoms with Crippen LogP contribution in [-0.4, -0.2) is 17.7 Å². The molecule has 0 aromatic heterocycles. The summed E-state index contributed by atoms with van der Waals surface area (Å²) in [6.45, 7) is 4.13. The van der Waals surface area contributed by atoms with Crippen molar-refractivity contribution in [3.05, 3.63) is 95.1 Å². The number of anilines is 2. The van der Waals surface area contributed by atoms with Gasteiger partial charge in [0, 0.05) is 11.3 Å². The van der Waals surface area contributed by atoms with Crippen molar-refractivity contribution in [1.29, 1.82) is 0 Å². The van der Waals surface area contributed by atoms with Crippen molar-refractivity contribution >= 4 is 29.1 Å². The fourth-order valence-corrected chi connectivity index (χ4v) is 3.52. The highest BCUT2D eigenvalue weighted by Crippen LogP contribution is 2.29. The third-order valence-corrected chi connectivity index (χ3v) is 4.99. The summed E-state index contributed by atoms with van der Waals surface area (Å²) in [5.41, 5.74) is 3.28. The van der Waals surface area contributed by atoms with E-state index in [-0.39, 0.29) is 23.6 Å². The second-order valence-electron chi connectivity index (χ2n) is 7.24. The maximum absolute atomic E-state index is 12.8. The topological polar surface area (TPSA) is 66.5 Å². The minimum Gasteiger partial charge on any atom is -0.322 e. The SMILES string of the molecule is CC(C)c1ccccc1NC(=O)c1cccc(N2C(=O)c3ccccc3C2=O)c1. The summed E-state index contributed by atoms with van der Waals surface area (Å²) < 4.78 is 0. The van der Waals surface area contributed by atoms with Crippen molar-refractivity contribution in [2.45, 2.75) is 19.8 Å². The van der Waals surface area contributed by atoms with E-state index in [1.165, 1.54) is 0 Å². The normalized spacial score (nSPS) is 13.0. The minimum atomic E-state index is -0.381. The number of rotatable bonds is 4. The van der Waals surface area contributed by atoms with Crippen LogP contribution in [0.4, 0.5) is 11.4 Å². The van der Waals surface area contributed by atoms with Crippen LogP contribution in [0.25, 0.3) is 0 Å². The highest BCUT2D eigenvalue weighted by Gasteiger charge is 2.36. The highest BCUT2D eigenvalue weighted by atomic mass is 16.2. The molecule has 3 amide bonds. The highest BCUT2D eigenvalue weighted by molar-refractivity contribution is 6.34. The molecule has 0 spiro atoms. The second kappa shape index (κ2) is 7.36. The quantitative estimate of drug-likeness (QED) is 0.653. The Bertz CT molecular complexity index is 1100. The van der Waals surface area contributed by atoms with E-state index in [1.54, 1.807) is 48.5 Å². The lowest BCUT2D eigenvalue weighted by molar-refractivity contribution is 0.0924. The summed E-state index contributed by atoms with van der Waals surface area (Å²) in [5, 5.41) is 2.94. The molecule has 1 heterocycles. The summed E-state index contributed by atoms with van der Waals surface area (Å²) in [6.07, 6.45) is 0. The summed E-state index contributed by atoms with van der Waals surface area (Å²) >= 11 is 0. The molecule has 0 saturated carbocycles. The Hall–Kier alpha value is -3.73. The predicted molar refractivity (Wildman–Crippen MR) is 113 cm³/mol. The van der Waals surface area contributed by atoms with Gasteiger partial charge < -0.3 is 5.32 Å². The van der Waals surface area contributed by atoms with Crippen molar-refractivity contribution in [2.75, 3.05) is 10.2 Å². The molecule has 5 heteroatoms. The maximum Gasteiger partial charge on any atom is 0.266 e. The molecule has 0 fully saturated rings.